The Labute approximate surface area is 127 Å². The van der Waals surface area contributed by atoms with Crippen molar-refractivity contribution >= 4 is 23.2 Å². The van der Waals surface area contributed by atoms with Crippen LogP contribution in [0.1, 0.15) is 5.69 Å². The van der Waals surface area contributed by atoms with E-state index in [1.165, 1.54) is 25.3 Å². The van der Waals surface area contributed by atoms with Gasteiger partial charge in [0.25, 0.3) is 0 Å². The monoisotopic (exact) mass is 338 g/mol. The van der Waals surface area contributed by atoms with Gasteiger partial charge in [0.15, 0.2) is 11.4 Å². The molecule has 0 atom stereocenters. The van der Waals surface area contributed by atoms with Gasteiger partial charge in [-0.25, -0.2) is 0 Å². The summed E-state index contributed by atoms with van der Waals surface area (Å²) in [6.07, 6.45) is -4.66. The van der Waals surface area contributed by atoms with Crippen LogP contribution in [0.5, 0.6) is 17.6 Å². The molecule has 1 heterocycles. The summed E-state index contributed by atoms with van der Waals surface area (Å²) in [5, 5.41) is 0.452. The van der Waals surface area contributed by atoms with Crippen LogP contribution in [-0.4, -0.2) is 17.1 Å². The summed E-state index contributed by atoms with van der Waals surface area (Å²) in [5.41, 5.74) is -1.19. The van der Waals surface area contributed by atoms with Crippen molar-refractivity contribution in [3.63, 3.8) is 0 Å². The Morgan fingerprint density at radius 1 is 1.10 bits per heavy atom. The van der Waals surface area contributed by atoms with Gasteiger partial charge in [-0.2, -0.15) is 23.1 Å². The van der Waals surface area contributed by atoms with Crippen LogP contribution in [0.25, 0.3) is 0 Å². The predicted octanol–water partition coefficient (Wildman–Crippen LogP) is 4.60. The van der Waals surface area contributed by atoms with Crippen molar-refractivity contribution < 1.29 is 22.6 Å². The standard InChI is InChI=1S/C12H7Cl2F3N2O2/c1-20-10-5-9(12(15,16)17)18-11(19-10)21-8-4-6(13)2-3-7(8)14/h2-5H,1H3. The smallest absolute Gasteiger partial charge is 0.433 e. The average molecular weight is 339 g/mol. The quantitative estimate of drug-likeness (QED) is 0.820. The van der Waals surface area contributed by atoms with Crippen molar-refractivity contribution in [3.05, 3.63) is 40.0 Å². The fourth-order valence-electron chi connectivity index (χ4n) is 1.35. The van der Waals surface area contributed by atoms with Gasteiger partial charge in [-0.3, -0.25) is 0 Å². The molecule has 9 heteroatoms. The van der Waals surface area contributed by atoms with Crippen molar-refractivity contribution in [2.45, 2.75) is 6.18 Å². The maximum absolute atomic E-state index is 12.7. The number of rotatable bonds is 3. The number of nitrogens with zero attached hydrogens (tertiary/aromatic N) is 2. The Morgan fingerprint density at radius 2 is 1.81 bits per heavy atom. The second-order valence-electron chi connectivity index (χ2n) is 3.75. The van der Waals surface area contributed by atoms with Crippen LogP contribution in [0.4, 0.5) is 13.2 Å². The molecule has 1 aromatic heterocycles. The first-order chi connectivity index (χ1) is 9.79. The van der Waals surface area contributed by atoms with Crippen molar-refractivity contribution in [2.75, 3.05) is 7.11 Å². The Hall–Kier alpha value is -1.73. The molecule has 0 spiro atoms. The van der Waals surface area contributed by atoms with E-state index in [1.807, 2.05) is 0 Å². The zero-order valence-electron chi connectivity index (χ0n) is 10.4. The van der Waals surface area contributed by atoms with Gasteiger partial charge in [-0.05, 0) is 12.1 Å². The molecule has 21 heavy (non-hydrogen) atoms. The molecule has 0 amide bonds. The molecule has 0 saturated carbocycles. The number of hydrogen-bond acceptors (Lipinski definition) is 4. The highest BCUT2D eigenvalue weighted by Gasteiger charge is 2.34. The lowest BCUT2D eigenvalue weighted by Gasteiger charge is -2.11. The molecule has 112 valence electrons. The van der Waals surface area contributed by atoms with E-state index in [2.05, 4.69) is 9.97 Å². The molecule has 0 fully saturated rings. The van der Waals surface area contributed by atoms with Crippen LogP contribution in [0.2, 0.25) is 10.0 Å². The minimum Gasteiger partial charge on any atom is -0.481 e. The van der Waals surface area contributed by atoms with E-state index in [-0.39, 0.29) is 16.7 Å². The lowest BCUT2D eigenvalue weighted by atomic mass is 10.3. The molecule has 0 aliphatic heterocycles. The third kappa shape index (κ3) is 3.89. The zero-order valence-corrected chi connectivity index (χ0v) is 11.9. The number of halogens is 5. The van der Waals surface area contributed by atoms with Crippen molar-refractivity contribution in [1.82, 2.24) is 9.97 Å². The normalized spacial score (nSPS) is 11.3. The molecular weight excluding hydrogens is 332 g/mol. The topological polar surface area (TPSA) is 44.2 Å². The summed E-state index contributed by atoms with van der Waals surface area (Å²) in [4.78, 5) is 6.95. The Kier molecular flexibility index (Phi) is 4.43. The highest BCUT2D eigenvalue weighted by Crippen LogP contribution is 2.34. The Balaban J connectivity index is 2.42. The molecule has 1 aromatic carbocycles. The van der Waals surface area contributed by atoms with Gasteiger partial charge >= 0.3 is 12.2 Å². The number of alkyl halides is 3. The first-order valence-corrected chi connectivity index (χ1v) is 6.18. The third-order valence-electron chi connectivity index (χ3n) is 2.28. The summed E-state index contributed by atoms with van der Waals surface area (Å²) in [6, 6.07) is 4.38. The molecule has 0 N–H and O–H groups in total. The van der Waals surface area contributed by atoms with Crippen LogP contribution < -0.4 is 9.47 Å². The van der Waals surface area contributed by atoms with E-state index in [4.69, 9.17) is 32.7 Å². The summed E-state index contributed by atoms with van der Waals surface area (Å²) in [6.45, 7) is 0. The number of hydrogen-bond donors (Lipinski definition) is 0. The SMILES string of the molecule is COc1cc(C(F)(F)F)nc(Oc2cc(Cl)ccc2Cl)n1. The van der Waals surface area contributed by atoms with Crippen LogP contribution in [0.15, 0.2) is 24.3 Å². The molecule has 4 nitrogen and oxygen atoms in total. The predicted molar refractivity (Wildman–Crippen MR) is 70.1 cm³/mol. The molecule has 0 bridgehead atoms. The van der Waals surface area contributed by atoms with Gasteiger partial charge in [0.1, 0.15) is 0 Å². The van der Waals surface area contributed by atoms with Crippen LogP contribution in [0, 0.1) is 0 Å². The number of aromatic nitrogens is 2. The lowest BCUT2D eigenvalue weighted by Crippen LogP contribution is -2.10. The fourth-order valence-corrected chi connectivity index (χ4v) is 1.67. The summed E-state index contributed by atoms with van der Waals surface area (Å²) in [5.74, 6) is -0.254. The van der Waals surface area contributed by atoms with Crippen LogP contribution >= 0.6 is 23.2 Å². The van der Waals surface area contributed by atoms with E-state index in [0.717, 1.165) is 0 Å². The number of ether oxygens (including phenoxy) is 2. The Morgan fingerprint density at radius 3 is 2.43 bits per heavy atom. The molecule has 0 aliphatic carbocycles. The van der Waals surface area contributed by atoms with Gasteiger partial charge in [0, 0.05) is 17.2 Å². The summed E-state index contributed by atoms with van der Waals surface area (Å²) >= 11 is 11.6. The zero-order chi connectivity index (χ0) is 15.6. The van der Waals surface area contributed by atoms with Gasteiger partial charge < -0.3 is 9.47 Å². The van der Waals surface area contributed by atoms with Gasteiger partial charge in [-0.1, -0.05) is 23.2 Å². The molecule has 0 unspecified atom stereocenters. The summed E-state index contributed by atoms with van der Waals surface area (Å²) in [7, 11) is 1.18. The van der Waals surface area contributed by atoms with E-state index >= 15 is 0 Å². The molecule has 0 aliphatic rings. The van der Waals surface area contributed by atoms with Gasteiger partial charge in [0.05, 0.1) is 12.1 Å². The fraction of sp³-hybridized carbons (Fsp3) is 0.167. The highest BCUT2D eigenvalue weighted by molar-refractivity contribution is 6.34. The lowest BCUT2D eigenvalue weighted by molar-refractivity contribution is -0.141. The molecule has 2 aromatic rings. The molecule has 0 saturated heterocycles. The van der Waals surface area contributed by atoms with E-state index < -0.39 is 17.9 Å². The molecular formula is C12H7Cl2F3N2O2. The highest BCUT2D eigenvalue weighted by atomic mass is 35.5. The first kappa shape index (κ1) is 15.7. The maximum Gasteiger partial charge on any atom is 0.433 e. The van der Waals surface area contributed by atoms with Crippen molar-refractivity contribution in [1.29, 1.82) is 0 Å². The number of benzene rings is 1. The molecule has 0 radical (unpaired) electrons. The third-order valence-corrected chi connectivity index (χ3v) is 2.82. The largest absolute Gasteiger partial charge is 0.481 e. The first-order valence-electron chi connectivity index (χ1n) is 5.43. The van der Waals surface area contributed by atoms with E-state index in [1.54, 1.807) is 0 Å². The second kappa shape index (κ2) is 5.95. The van der Waals surface area contributed by atoms with Gasteiger partial charge in [0.2, 0.25) is 5.88 Å². The van der Waals surface area contributed by atoms with Gasteiger partial charge in [-0.15, -0.1) is 0 Å². The average Bonchev–Trinajstić information content (AvgIpc) is 2.41. The van der Waals surface area contributed by atoms with E-state index in [9.17, 15) is 13.2 Å². The van der Waals surface area contributed by atoms with Crippen LogP contribution in [0.3, 0.4) is 0 Å². The van der Waals surface area contributed by atoms with Crippen LogP contribution in [-0.2, 0) is 6.18 Å². The maximum atomic E-state index is 12.7. The minimum absolute atomic E-state index is 0.0329. The molecule has 2 rings (SSSR count). The van der Waals surface area contributed by atoms with Crippen molar-refractivity contribution in [3.8, 4) is 17.6 Å². The number of methoxy groups -OCH3 is 1. The van der Waals surface area contributed by atoms with E-state index in [0.29, 0.717) is 11.1 Å². The Bertz CT molecular complexity index is 665. The second-order valence-corrected chi connectivity index (χ2v) is 4.60. The minimum atomic E-state index is -4.66. The summed E-state index contributed by atoms with van der Waals surface area (Å²) < 4.78 is 48.0. The van der Waals surface area contributed by atoms with Crippen molar-refractivity contribution in [2.24, 2.45) is 0 Å².